The second-order valence-corrected chi connectivity index (χ2v) is 9.42. The van der Waals surface area contributed by atoms with E-state index in [1.807, 2.05) is 12.1 Å². The Hall–Kier alpha value is -1.26. The second kappa shape index (κ2) is 8.59. The molecule has 31 heavy (non-hydrogen) atoms. The van der Waals surface area contributed by atoms with Crippen LogP contribution in [0.4, 0.5) is 0 Å². The first-order chi connectivity index (χ1) is 14.8. The van der Waals surface area contributed by atoms with Crippen molar-refractivity contribution in [2.75, 3.05) is 27.8 Å². The Bertz CT molecular complexity index is 774. The molecule has 4 unspecified atom stereocenters. The Labute approximate surface area is 183 Å². The third-order valence-corrected chi connectivity index (χ3v) is 7.61. The minimum atomic E-state index is -1.47. The molecule has 1 saturated heterocycles. The lowest BCUT2D eigenvalue weighted by atomic mass is 9.68. The molecule has 1 aromatic rings. The molecular formula is C23H35NO7. The van der Waals surface area contributed by atoms with Crippen LogP contribution < -0.4 is 4.74 Å². The predicted octanol–water partition coefficient (Wildman–Crippen LogP) is 0.601. The Morgan fingerprint density at radius 2 is 1.84 bits per heavy atom. The number of ether oxygens (including phenoxy) is 3. The average Bonchev–Trinajstić information content (AvgIpc) is 3.50. The summed E-state index contributed by atoms with van der Waals surface area (Å²) < 4.78 is 17.7. The molecule has 8 nitrogen and oxygen atoms in total. The Morgan fingerprint density at radius 3 is 2.48 bits per heavy atom. The van der Waals surface area contributed by atoms with E-state index in [0.717, 1.165) is 31.2 Å². The summed E-state index contributed by atoms with van der Waals surface area (Å²) in [6, 6.07) is 8.10. The highest BCUT2D eigenvalue weighted by atomic mass is 16.7. The highest BCUT2D eigenvalue weighted by molar-refractivity contribution is 5.38. The van der Waals surface area contributed by atoms with Crippen molar-refractivity contribution in [2.45, 2.75) is 74.5 Å². The zero-order valence-electron chi connectivity index (χ0n) is 18.5. The number of hydrogen-bond donors (Lipinski definition) is 4. The van der Waals surface area contributed by atoms with Gasteiger partial charge in [-0.2, -0.15) is 0 Å². The molecule has 8 atom stereocenters. The topological polar surface area (TPSA) is 112 Å². The Balaban J connectivity index is 1.61. The van der Waals surface area contributed by atoms with Crippen molar-refractivity contribution < 1.29 is 34.6 Å². The van der Waals surface area contributed by atoms with Crippen molar-refractivity contribution in [3.8, 4) is 5.75 Å². The molecule has 4 rings (SSSR count). The fourth-order valence-corrected chi connectivity index (χ4v) is 5.91. The van der Waals surface area contributed by atoms with Gasteiger partial charge in [-0.1, -0.05) is 25.0 Å². The number of benzene rings is 1. The summed E-state index contributed by atoms with van der Waals surface area (Å²) in [7, 11) is 6.02. The molecule has 0 bridgehead atoms. The van der Waals surface area contributed by atoms with E-state index in [0.29, 0.717) is 11.8 Å². The molecule has 2 saturated carbocycles. The van der Waals surface area contributed by atoms with Crippen LogP contribution in [0.1, 0.15) is 37.7 Å². The van der Waals surface area contributed by atoms with E-state index in [9.17, 15) is 20.4 Å². The van der Waals surface area contributed by atoms with Crippen molar-refractivity contribution >= 4 is 0 Å². The molecule has 0 aromatic heterocycles. The van der Waals surface area contributed by atoms with E-state index in [2.05, 4.69) is 25.1 Å². The maximum Gasteiger partial charge on any atom is 0.229 e. The summed E-state index contributed by atoms with van der Waals surface area (Å²) in [5.74, 6) is 0.473. The molecule has 0 amide bonds. The summed E-state index contributed by atoms with van der Waals surface area (Å²) in [5.41, 5.74) is 0.668. The molecule has 8 heteroatoms. The van der Waals surface area contributed by atoms with Gasteiger partial charge in [-0.25, -0.2) is 0 Å². The van der Waals surface area contributed by atoms with E-state index in [4.69, 9.17) is 14.2 Å². The number of rotatable bonds is 6. The normalized spacial score (nSPS) is 42.7. The van der Waals surface area contributed by atoms with Gasteiger partial charge in [-0.05, 0) is 51.1 Å². The first-order valence-corrected chi connectivity index (χ1v) is 11.1. The number of hydrogen-bond acceptors (Lipinski definition) is 8. The molecule has 1 aliphatic heterocycles. The summed E-state index contributed by atoms with van der Waals surface area (Å²) in [6.45, 7) is -0.494. The molecular weight excluding hydrogens is 402 g/mol. The second-order valence-electron chi connectivity index (χ2n) is 9.42. The lowest BCUT2D eigenvalue weighted by Gasteiger charge is -2.46. The van der Waals surface area contributed by atoms with Gasteiger partial charge in [-0.3, -0.25) is 0 Å². The molecule has 174 valence electrons. The number of nitrogens with zero attached hydrogens (tertiary/aromatic N) is 1. The monoisotopic (exact) mass is 437 g/mol. The summed E-state index contributed by atoms with van der Waals surface area (Å²) in [6.07, 6.45) is -1.14. The van der Waals surface area contributed by atoms with E-state index in [1.165, 1.54) is 6.42 Å². The van der Waals surface area contributed by atoms with Crippen LogP contribution in [0.2, 0.25) is 0 Å². The van der Waals surface area contributed by atoms with Gasteiger partial charge in [0.2, 0.25) is 6.29 Å². The summed E-state index contributed by atoms with van der Waals surface area (Å²) >= 11 is 0. The molecule has 1 heterocycles. The van der Waals surface area contributed by atoms with Gasteiger partial charge < -0.3 is 39.5 Å². The fraction of sp³-hybridized carbons (Fsp3) is 0.739. The standard InChI is InChI=1S/C23H35NO7/c1-24(2)17-12-22(17)9-4-5-10-23(22,29-3)14-7-6-8-15(11-14)30-21-20(28)19(27)18(26)16(13-25)31-21/h6-8,11,16-21,25-28H,4-5,9-10,12-13H2,1-3H3/t16?,17-,18-,19?,20?,21+,22?,23+/m1/s1. The van der Waals surface area contributed by atoms with Crippen molar-refractivity contribution in [3.05, 3.63) is 29.8 Å². The van der Waals surface area contributed by atoms with Crippen LogP contribution in [0.15, 0.2) is 24.3 Å². The maximum atomic E-state index is 10.3. The molecule has 4 N–H and O–H groups in total. The van der Waals surface area contributed by atoms with Gasteiger partial charge in [0.1, 0.15) is 30.2 Å². The highest BCUT2D eigenvalue weighted by Crippen LogP contribution is 2.68. The molecule has 3 aliphatic rings. The summed E-state index contributed by atoms with van der Waals surface area (Å²) in [5, 5.41) is 39.8. The van der Waals surface area contributed by atoms with Crippen molar-refractivity contribution in [3.63, 3.8) is 0 Å². The van der Waals surface area contributed by atoms with E-state index in [1.54, 1.807) is 13.2 Å². The van der Waals surface area contributed by atoms with Gasteiger partial charge in [0.15, 0.2) is 0 Å². The van der Waals surface area contributed by atoms with Crippen molar-refractivity contribution in [1.82, 2.24) is 4.90 Å². The summed E-state index contributed by atoms with van der Waals surface area (Å²) in [4.78, 5) is 2.29. The van der Waals surface area contributed by atoms with E-state index < -0.39 is 42.9 Å². The number of methoxy groups -OCH3 is 1. The van der Waals surface area contributed by atoms with Gasteiger partial charge >= 0.3 is 0 Å². The molecule has 3 fully saturated rings. The predicted molar refractivity (Wildman–Crippen MR) is 113 cm³/mol. The molecule has 1 spiro atoms. The van der Waals surface area contributed by atoms with Crippen molar-refractivity contribution in [2.24, 2.45) is 5.41 Å². The van der Waals surface area contributed by atoms with Crippen LogP contribution in [0.25, 0.3) is 0 Å². The third-order valence-electron chi connectivity index (χ3n) is 7.61. The minimum absolute atomic E-state index is 0.0608. The van der Waals surface area contributed by atoms with Crippen LogP contribution in [-0.2, 0) is 15.1 Å². The lowest BCUT2D eigenvalue weighted by molar-refractivity contribution is -0.277. The molecule has 1 aromatic carbocycles. The zero-order chi connectivity index (χ0) is 22.4. The third kappa shape index (κ3) is 3.68. The highest BCUT2D eigenvalue weighted by Gasteiger charge is 2.68. The largest absolute Gasteiger partial charge is 0.462 e. The number of aliphatic hydroxyl groups excluding tert-OH is 4. The SMILES string of the molecule is CO[C@]1(c2cccc(O[C@H]3OC(CO)[C@@H](O)C(O)C3O)c2)CCCCC12C[C@H]2N(C)C. The van der Waals surface area contributed by atoms with Crippen LogP contribution in [0, 0.1) is 5.41 Å². The fourth-order valence-electron chi connectivity index (χ4n) is 5.91. The van der Waals surface area contributed by atoms with Gasteiger partial charge in [0.05, 0.1) is 12.2 Å². The molecule has 0 radical (unpaired) electrons. The smallest absolute Gasteiger partial charge is 0.229 e. The number of aliphatic hydroxyl groups is 4. The van der Waals surface area contributed by atoms with Crippen LogP contribution in [0.3, 0.4) is 0 Å². The van der Waals surface area contributed by atoms with Gasteiger partial charge in [0, 0.05) is 18.6 Å². The quantitative estimate of drug-likeness (QED) is 0.512. The molecule has 2 aliphatic carbocycles. The van der Waals surface area contributed by atoms with E-state index >= 15 is 0 Å². The van der Waals surface area contributed by atoms with E-state index in [-0.39, 0.29) is 5.41 Å². The van der Waals surface area contributed by atoms with Crippen LogP contribution in [-0.4, -0.2) is 89.9 Å². The van der Waals surface area contributed by atoms with Gasteiger partial charge in [0.25, 0.3) is 0 Å². The Morgan fingerprint density at radius 1 is 1.10 bits per heavy atom. The first kappa shape index (κ1) is 22.9. The maximum absolute atomic E-state index is 10.3. The lowest BCUT2D eigenvalue weighted by Crippen LogP contribution is -2.60. The first-order valence-electron chi connectivity index (χ1n) is 11.1. The minimum Gasteiger partial charge on any atom is -0.462 e. The van der Waals surface area contributed by atoms with Gasteiger partial charge in [-0.15, -0.1) is 0 Å². The Kier molecular flexibility index (Phi) is 6.35. The van der Waals surface area contributed by atoms with Crippen LogP contribution in [0.5, 0.6) is 5.75 Å². The average molecular weight is 438 g/mol. The van der Waals surface area contributed by atoms with Crippen LogP contribution >= 0.6 is 0 Å². The van der Waals surface area contributed by atoms with Crippen molar-refractivity contribution in [1.29, 1.82) is 0 Å². The zero-order valence-corrected chi connectivity index (χ0v) is 18.5.